The normalized spacial score (nSPS) is 25.8. The van der Waals surface area contributed by atoms with E-state index in [-0.39, 0.29) is 41.0 Å². The second kappa shape index (κ2) is 6.91. The van der Waals surface area contributed by atoms with Gasteiger partial charge in [0.15, 0.2) is 0 Å². The van der Waals surface area contributed by atoms with E-state index in [1.165, 1.54) is 17.0 Å². The maximum Gasteiger partial charge on any atom is 0.255 e. The van der Waals surface area contributed by atoms with E-state index in [1.54, 1.807) is 37.3 Å². The van der Waals surface area contributed by atoms with Gasteiger partial charge in [0, 0.05) is 16.8 Å². The van der Waals surface area contributed by atoms with Crippen LogP contribution in [-0.4, -0.2) is 23.7 Å². The summed E-state index contributed by atoms with van der Waals surface area (Å²) < 4.78 is 0. The fourth-order valence-corrected chi connectivity index (χ4v) is 5.11. The minimum atomic E-state index is -1.31. The Bertz CT molecular complexity index is 1140. The molecule has 1 saturated carbocycles. The van der Waals surface area contributed by atoms with Gasteiger partial charge in [0.1, 0.15) is 0 Å². The predicted octanol–water partition coefficient (Wildman–Crippen LogP) is 1.92. The van der Waals surface area contributed by atoms with Crippen molar-refractivity contribution in [3.05, 3.63) is 71.3 Å². The molecule has 1 N–H and O–H groups in total. The van der Waals surface area contributed by atoms with Gasteiger partial charge >= 0.3 is 0 Å². The minimum Gasteiger partial charge on any atom is -0.545 e. The molecule has 1 saturated heterocycles. The van der Waals surface area contributed by atoms with Crippen LogP contribution in [0.3, 0.4) is 0 Å². The highest BCUT2D eigenvalue weighted by molar-refractivity contribution is 6.23. The van der Waals surface area contributed by atoms with E-state index in [0.717, 1.165) is 6.42 Å². The van der Waals surface area contributed by atoms with Crippen LogP contribution >= 0.6 is 0 Å². The monoisotopic (exact) mass is 415 g/mol. The molecular weight excluding hydrogens is 396 g/mol. The summed E-state index contributed by atoms with van der Waals surface area (Å²) in [5, 5.41) is 13.9. The van der Waals surface area contributed by atoms with E-state index < -0.39 is 11.9 Å². The maximum absolute atomic E-state index is 12.9. The molecule has 2 fully saturated rings. The first-order chi connectivity index (χ1) is 14.9. The lowest BCUT2D eigenvalue weighted by Crippen LogP contribution is -2.32. The number of hydrogen-bond acceptors (Lipinski definition) is 5. The number of fused-ring (bicyclic) bond motifs is 5. The van der Waals surface area contributed by atoms with Gasteiger partial charge in [0.2, 0.25) is 11.8 Å². The van der Waals surface area contributed by atoms with Crippen LogP contribution in [0.15, 0.2) is 54.6 Å². The van der Waals surface area contributed by atoms with E-state index in [4.69, 9.17) is 0 Å². The number of hydrogen-bond donors (Lipinski definition) is 1. The molecule has 1 heterocycles. The Morgan fingerprint density at radius 2 is 1.58 bits per heavy atom. The van der Waals surface area contributed by atoms with Crippen molar-refractivity contribution < 1.29 is 24.3 Å². The third-order valence-corrected chi connectivity index (χ3v) is 6.66. The Labute approximate surface area is 178 Å². The Hall–Kier alpha value is -3.74. The van der Waals surface area contributed by atoms with Crippen LogP contribution in [-0.2, 0) is 9.59 Å². The third-order valence-electron chi connectivity index (χ3n) is 6.66. The number of nitrogens with zero attached hydrogens (tertiary/aromatic N) is 1. The fraction of sp³-hybridized carbons (Fsp3) is 0.250. The molecule has 5 rings (SSSR count). The van der Waals surface area contributed by atoms with Crippen LogP contribution in [0.1, 0.15) is 32.7 Å². The fourth-order valence-electron chi connectivity index (χ4n) is 5.11. The molecule has 2 aromatic carbocycles. The Morgan fingerprint density at radius 1 is 0.968 bits per heavy atom. The number of amides is 3. The molecule has 3 amide bonds. The number of allylic oxidation sites excluding steroid dienone is 2. The molecule has 2 aromatic rings. The molecule has 4 atom stereocenters. The molecule has 0 aromatic heterocycles. The van der Waals surface area contributed by atoms with Crippen molar-refractivity contribution in [3.63, 3.8) is 0 Å². The molecule has 2 bridgehead atoms. The summed E-state index contributed by atoms with van der Waals surface area (Å²) in [5.74, 6) is -2.34. The van der Waals surface area contributed by atoms with Crippen LogP contribution < -0.4 is 15.3 Å². The largest absolute Gasteiger partial charge is 0.545 e. The summed E-state index contributed by atoms with van der Waals surface area (Å²) in [5.41, 5.74) is 1.55. The van der Waals surface area contributed by atoms with Gasteiger partial charge in [-0.15, -0.1) is 0 Å². The van der Waals surface area contributed by atoms with Crippen LogP contribution in [0.25, 0.3) is 0 Å². The van der Waals surface area contributed by atoms with Gasteiger partial charge in [-0.1, -0.05) is 24.3 Å². The summed E-state index contributed by atoms with van der Waals surface area (Å²) in [7, 11) is 0. The standard InChI is InChI=1S/C24H20N2O5/c1-12-17(24(30)31)3-2-4-18(12)25-21(27)13-7-9-16(10-8-13)26-22(28)19-14-5-6-15(11-14)20(19)23(26)29/h2-10,14-15,19-20H,11H2,1H3,(H,25,27)(H,30,31)/p-1/t14-,15-,19-,20+/m0/s1. The molecule has 1 aliphatic heterocycles. The van der Waals surface area contributed by atoms with Crippen molar-refractivity contribution >= 4 is 35.1 Å². The molecule has 0 unspecified atom stereocenters. The highest BCUT2D eigenvalue weighted by atomic mass is 16.4. The van der Waals surface area contributed by atoms with E-state index in [1.807, 2.05) is 12.2 Å². The van der Waals surface area contributed by atoms with Gasteiger partial charge in [-0.2, -0.15) is 0 Å². The number of carboxylic acids is 1. The van der Waals surface area contributed by atoms with Crippen molar-refractivity contribution in [2.45, 2.75) is 13.3 Å². The van der Waals surface area contributed by atoms with Crippen molar-refractivity contribution in [2.24, 2.45) is 23.7 Å². The molecule has 156 valence electrons. The topological polar surface area (TPSA) is 107 Å². The van der Waals surface area contributed by atoms with E-state index in [0.29, 0.717) is 22.5 Å². The first-order valence-corrected chi connectivity index (χ1v) is 10.2. The second-order valence-electron chi connectivity index (χ2n) is 8.28. The lowest BCUT2D eigenvalue weighted by molar-refractivity contribution is -0.255. The van der Waals surface area contributed by atoms with Crippen molar-refractivity contribution in [1.82, 2.24) is 0 Å². The molecule has 7 heteroatoms. The Morgan fingerprint density at radius 3 is 2.16 bits per heavy atom. The Balaban J connectivity index is 1.35. The lowest BCUT2D eigenvalue weighted by atomic mass is 9.85. The van der Waals surface area contributed by atoms with Crippen LogP contribution in [0.5, 0.6) is 0 Å². The summed E-state index contributed by atoms with van der Waals surface area (Å²) in [6.07, 6.45) is 4.97. The predicted molar refractivity (Wildman–Crippen MR) is 110 cm³/mol. The summed E-state index contributed by atoms with van der Waals surface area (Å²) in [6.45, 7) is 1.59. The highest BCUT2D eigenvalue weighted by Gasteiger charge is 2.59. The molecule has 3 aliphatic rings. The Kier molecular flexibility index (Phi) is 4.28. The van der Waals surface area contributed by atoms with Crippen LogP contribution in [0, 0.1) is 30.6 Å². The average molecular weight is 415 g/mol. The van der Waals surface area contributed by atoms with Crippen molar-refractivity contribution in [1.29, 1.82) is 0 Å². The number of anilines is 2. The first kappa shape index (κ1) is 19.2. The molecule has 31 heavy (non-hydrogen) atoms. The van der Waals surface area contributed by atoms with E-state index in [2.05, 4.69) is 5.32 Å². The number of carbonyl (C=O) groups is 4. The number of nitrogens with one attached hydrogen (secondary N) is 1. The lowest BCUT2D eigenvalue weighted by Gasteiger charge is -2.18. The molecular formula is C24H19N2O5-. The van der Waals surface area contributed by atoms with Gasteiger partial charge in [-0.05, 0) is 61.1 Å². The van der Waals surface area contributed by atoms with Crippen LogP contribution in [0.4, 0.5) is 11.4 Å². The maximum atomic E-state index is 12.9. The molecule has 7 nitrogen and oxygen atoms in total. The third kappa shape index (κ3) is 2.88. The van der Waals surface area contributed by atoms with E-state index in [9.17, 15) is 24.3 Å². The number of benzene rings is 2. The zero-order valence-electron chi connectivity index (χ0n) is 16.7. The zero-order chi connectivity index (χ0) is 21.9. The van der Waals surface area contributed by atoms with E-state index >= 15 is 0 Å². The summed E-state index contributed by atoms with van der Waals surface area (Å²) >= 11 is 0. The van der Waals surface area contributed by atoms with Crippen LogP contribution in [0.2, 0.25) is 0 Å². The summed E-state index contributed by atoms with van der Waals surface area (Å²) in [6, 6.07) is 10.8. The van der Waals surface area contributed by atoms with Gasteiger partial charge in [-0.25, -0.2) is 0 Å². The molecule has 2 aliphatic carbocycles. The number of imide groups is 1. The quantitative estimate of drug-likeness (QED) is 0.607. The van der Waals surface area contributed by atoms with Crippen molar-refractivity contribution in [3.8, 4) is 0 Å². The smallest absolute Gasteiger partial charge is 0.255 e. The first-order valence-electron chi connectivity index (χ1n) is 10.2. The van der Waals surface area contributed by atoms with Gasteiger partial charge in [0.25, 0.3) is 5.91 Å². The molecule has 0 radical (unpaired) electrons. The van der Waals surface area contributed by atoms with Gasteiger partial charge in [0.05, 0.1) is 23.5 Å². The minimum absolute atomic E-state index is 0.00760. The second-order valence-corrected chi connectivity index (χ2v) is 8.28. The van der Waals surface area contributed by atoms with Crippen molar-refractivity contribution in [2.75, 3.05) is 10.2 Å². The SMILES string of the molecule is Cc1c(NC(=O)c2ccc(N3C(=O)[C@@H]4[C@H](C3=O)[C@H]3C=C[C@H]4C3)cc2)cccc1C(=O)[O-]. The zero-order valence-corrected chi connectivity index (χ0v) is 16.7. The molecule has 0 spiro atoms. The van der Waals surface area contributed by atoms with Gasteiger partial charge < -0.3 is 15.2 Å². The summed E-state index contributed by atoms with van der Waals surface area (Å²) in [4.78, 5) is 50.9. The number of aromatic carboxylic acids is 1. The number of carboxylic acid groups (broad SMARTS) is 1. The average Bonchev–Trinajstić information content (AvgIpc) is 3.43. The number of rotatable bonds is 4. The highest BCUT2D eigenvalue weighted by Crippen LogP contribution is 2.53. The number of carbonyl (C=O) groups excluding carboxylic acids is 4. The van der Waals surface area contributed by atoms with Gasteiger partial charge in [-0.3, -0.25) is 19.3 Å².